The van der Waals surface area contributed by atoms with Crippen molar-refractivity contribution in [3.8, 4) is 0 Å². The van der Waals surface area contributed by atoms with E-state index in [-0.39, 0.29) is 0 Å². The van der Waals surface area contributed by atoms with Gasteiger partial charge in [0.15, 0.2) is 5.11 Å². The zero-order valence-corrected chi connectivity index (χ0v) is 15.2. The minimum atomic E-state index is 0.640. The van der Waals surface area contributed by atoms with Gasteiger partial charge in [0.05, 0.1) is 19.0 Å². The molecule has 6 nitrogen and oxygen atoms in total. The molecule has 0 radical (unpaired) electrons. The fourth-order valence-electron chi connectivity index (χ4n) is 3.00. The van der Waals surface area contributed by atoms with E-state index >= 15 is 0 Å². The van der Waals surface area contributed by atoms with Gasteiger partial charge in [-0.3, -0.25) is 9.58 Å². The summed E-state index contributed by atoms with van der Waals surface area (Å²) in [6.07, 6.45) is 3.68. The van der Waals surface area contributed by atoms with E-state index in [1.807, 2.05) is 18.3 Å². The molecule has 1 aliphatic heterocycles. The highest BCUT2D eigenvalue weighted by Gasteiger charge is 2.20. The van der Waals surface area contributed by atoms with E-state index in [1.165, 1.54) is 11.3 Å². The summed E-state index contributed by atoms with van der Waals surface area (Å²) in [5, 5.41) is 8.51. The topological polar surface area (TPSA) is 49.5 Å². The molecule has 0 bridgehead atoms. The monoisotopic (exact) mass is 347 g/mol. The van der Waals surface area contributed by atoms with Crippen LogP contribution in [0.2, 0.25) is 0 Å². The zero-order chi connectivity index (χ0) is 16.9. The number of aryl methyl sites for hydroxylation is 1. The molecule has 0 unspecified atom stereocenters. The number of hydrogen-bond acceptors (Lipinski definition) is 4. The number of thiocarbonyl (C=S) groups is 1. The maximum Gasteiger partial charge on any atom is 0.169 e. The van der Waals surface area contributed by atoms with Crippen LogP contribution in [0, 0.1) is 6.92 Å². The van der Waals surface area contributed by atoms with E-state index in [9.17, 15) is 0 Å². The lowest BCUT2D eigenvalue weighted by atomic mass is 10.2. The molecule has 0 saturated carbocycles. The van der Waals surface area contributed by atoms with E-state index in [1.54, 1.807) is 6.26 Å². The smallest absolute Gasteiger partial charge is 0.169 e. The molecule has 2 aromatic heterocycles. The van der Waals surface area contributed by atoms with Crippen molar-refractivity contribution in [2.24, 2.45) is 0 Å². The summed E-state index contributed by atoms with van der Waals surface area (Å²) in [6, 6.07) is 3.84. The van der Waals surface area contributed by atoms with Gasteiger partial charge in [0.25, 0.3) is 0 Å². The Labute approximate surface area is 148 Å². The van der Waals surface area contributed by atoms with Gasteiger partial charge in [-0.2, -0.15) is 5.10 Å². The van der Waals surface area contributed by atoms with Gasteiger partial charge in [0, 0.05) is 50.5 Å². The Morgan fingerprint density at radius 1 is 1.33 bits per heavy atom. The van der Waals surface area contributed by atoms with Crippen LogP contribution in [0.25, 0.3) is 0 Å². The summed E-state index contributed by atoms with van der Waals surface area (Å²) in [5.41, 5.74) is 2.60. The number of furan rings is 1. The van der Waals surface area contributed by atoms with Crippen molar-refractivity contribution < 1.29 is 4.42 Å². The minimum Gasteiger partial charge on any atom is -0.467 e. The maximum absolute atomic E-state index is 5.50. The molecule has 3 rings (SSSR count). The predicted octanol–water partition coefficient (Wildman–Crippen LogP) is 2.00. The first-order valence-electron chi connectivity index (χ1n) is 8.46. The molecule has 1 N–H and O–H groups in total. The summed E-state index contributed by atoms with van der Waals surface area (Å²) in [5.74, 6) is 0.902. The van der Waals surface area contributed by atoms with Gasteiger partial charge >= 0.3 is 0 Å². The molecule has 7 heteroatoms. The van der Waals surface area contributed by atoms with Crippen LogP contribution in [-0.4, -0.2) is 50.9 Å². The Morgan fingerprint density at radius 3 is 2.75 bits per heavy atom. The van der Waals surface area contributed by atoms with Crippen molar-refractivity contribution in [3.63, 3.8) is 0 Å². The zero-order valence-electron chi connectivity index (χ0n) is 14.4. The predicted molar refractivity (Wildman–Crippen MR) is 97.6 cm³/mol. The second-order valence-electron chi connectivity index (χ2n) is 6.07. The summed E-state index contributed by atoms with van der Waals surface area (Å²) in [4.78, 5) is 4.70. The Morgan fingerprint density at radius 2 is 2.12 bits per heavy atom. The van der Waals surface area contributed by atoms with Crippen LogP contribution in [0.4, 0.5) is 0 Å². The molecule has 130 valence electrons. The van der Waals surface area contributed by atoms with Gasteiger partial charge in [-0.1, -0.05) is 0 Å². The number of nitrogens with one attached hydrogen (secondary N) is 1. The fraction of sp³-hybridized carbons (Fsp3) is 0.529. The van der Waals surface area contributed by atoms with Gasteiger partial charge in [-0.15, -0.1) is 0 Å². The average Bonchev–Trinajstić information content (AvgIpc) is 3.24. The fourth-order valence-corrected chi connectivity index (χ4v) is 3.25. The van der Waals surface area contributed by atoms with Crippen molar-refractivity contribution >= 4 is 17.3 Å². The Balaban J connectivity index is 1.45. The number of rotatable bonds is 5. The van der Waals surface area contributed by atoms with Crippen LogP contribution in [0.1, 0.15) is 23.9 Å². The molecule has 0 amide bonds. The maximum atomic E-state index is 5.50. The summed E-state index contributed by atoms with van der Waals surface area (Å²) >= 11 is 5.50. The molecule has 0 spiro atoms. The third-order valence-corrected chi connectivity index (χ3v) is 4.95. The van der Waals surface area contributed by atoms with Gasteiger partial charge in [0.1, 0.15) is 5.76 Å². The summed E-state index contributed by atoms with van der Waals surface area (Å²) < 4.78 is 7.38. The molecule has 3 heterocycles. The van der Waals surface area contributed by atoms with E-state index in [0.29, 0.717) is 6.54 Å². The minimum absolute atomic E-state index is 0.640. The molecule has 0 aromatic carbocycles. The van der Waals surface area contributed by atoms with Crippen molar-refractivity contribution in [2.45, 2.75) is 33.5 Å². The number of hydrogen-bond donors (Lipinski definition) is 1. The average molecular weight is 347 g/mol. The van der Waals surface area contributed by atoms with E-state index in [0.717, 1.165) is 50.1 Å². The lowest BCUT2D eigenvalue weighted by Crippen LogP contribution is -2.51. The molecular formula is C17H25N5OS. The highest BCUT2D eigenvalue weighted by molar-refractivity contribution is 7.80. The van der Waals surface area contributed by atoms with Crippen molar-refractivity contribution in [2.75, 3.05) is 26.2 Å². The first-order valence-corrected chi connectivity index (χ1v) is 8.87. The second kappa shape index (κ2) is 7.81. The van der Waals surface area contributed by atoms with Crippen molar-refractivity contribution in [3.05, 3.63) is 41.6 Å². The standard InChI is InChI=1S/C17H25N5OS/c1-3-22-14(2)15(11-19-22)13-20-6-8-21(9-7-20)17(24)18-12-16-5-4-10-23-16/h4-5,10-11H,3,6-9,12-13H2,1-2H3,(H,18,24). The first-order chi connectivity index (χ1) is 11.7. The van der Waals surface area contributed by atoms with Crippen LogP contribution in [0.3, 0.4) is 0 Å². The van der Waals surface area contributed by atoms with Crippen LogP contribution < -0.4 is 5.32 Å². The molecular weight excluding hydrogens is 322 g/mol. The lowest BCUT2D eigenvalue weighted by Gasteiger charge is -2.36. The van der Waals surface area contributed by atoms with Crippen molar-refractivity contribution in [1.82, 2.24) is 24.9 Å². The Hall–Kier alpha value is -1.86. The van der Waals surface area contributed by atoms with E-state index in [4.69, 9.17) is 16.6 Å². The third kappa shape index (κ3) is 3.96. The molecule has 1 aliphatic rings. The SMILES string of the molecule is CCn1ncc(CN2CCN(C(=S)NCc3ccco3)CC2)c1C. The van der Waals surface area contributed by atoms with Crippen LogP contribution >= 0.6 is 12.2 Å². The van der Waals surface area contributed by atoms with Gasteiger partial charge in [0.2, 0.25) is 0 Å². The summed E-state index contributed by atoms with van der Waals surface area (Å²) in [7, 11) is 0. The molecule has 1 fully saturated rings. The van der Waals surface area contributed by atoms with Crippen molar-refractivity contribution in [1.29, 1.82) is 0 Å². The quantitative estimate of drug-likeness (QED) is 0.835. The molecule has 2 aromatic rings. The largest absolute Gasteiger partial charge is 0.467 e. The molecule has 1 saturated heterocycles. The number of piperazine rings is 1. The summed E-state index contributed by atoms with van der Waals surface area (Å²) in [6.45, 7) is 10.7. The highest BCUT2D eigenvalue weighted by atomic mass is 32.1. The van der Waals surface area contributed by atoms with Crippen LogP contribution in [0.5, 0.6) is 0 Å². The van der Waals surface area contributed by atoms with Crippen LogP contribution in [-0.2, 0) is 19.6 Å². The molecule has 24 heavy (non-hydrogen) atoms. The first kappa shape index (κ1) is 17.0. The Bertz CT molecular complexity index is 659. The lowest BCUT2D eigenvalue weighted by molar-refractivity contribution is 0.174. The number of nitrogens with zero attached hydrogens (tertiary/aromatic N) is 4. The molecule has 0 atom stereocenters. The normalized spacial score (nSPS) is 15.7. The highest BCUT2D eigenvalue weighted by Crippen LogP contribution is 2.13. The molecule has 0 aliphatic carbocycles. The second-order valence-corrected chi connectivity index (χ2v) is 6.46. The number of aromatic nitrogens is 2. The van der Waals surface area contributed by atoms with Gasteiger partial charge < -0.3 is 14.6 Å². The van der Waals surface area contributed by atoms with Crippen LogP contribution in [0.15, 0.2) is 29.0 Å². The van der Waals surface area contributed by atoms with Gasteiger partial charge in [-0.25, -0.2) is 0 Å². The van der Waals surface area contributed by atoms with E-state index < -0.39 is 0 Å². The van der Waals surface area contributed by atoms with E-state index in [2.05, 4.69) is 38.7 Å². The third-order valence-electron chi connectivity index (χ3n) is 4.55. The Kier molecular flexibility index (Phi) is 5.52. The van der Waals surface area contributed by atoms with Gasteiger partial charge in [-0.05, 0) is 38.2 Å².